The second kappa shape index (κ2) is 11.3. The van der Waals surface area contributed by atoms with E-state index in [1.807, 2.05) is 81.4 Å². The van der Waals surface area contributed by atoms with Crippen LogP contribution >= 0.6 is 0 Å². The number of ketones is 1. The van der Waals surface area contributed by atoms with Gasteiger partial charge in [0.05, 0.1) is 22.3 Å². The van der Waals surface area contributed by atoms with E-state index in [1.165, 1.54) is 0 Å². The van der Waals surface area contributed by atoms with E-state index < -0.39 is 5.60 Å². The first-order chi connectivity index (χ1) is 20.2. The van der Waals surface area contributed by atoms with Gasteiger partial charge in [-0.15, -0.1) is 0 Å². The molecule has 3 aromatic carbocycles. The number of Topliss-reactive ketones (excluding diaryl/α,β-unsaturated/α-hetero) is 1. The number of rotatable bonds is 6. The van der Waals surface area contributed by atoms with Crippen molar-refractivity contribution >= 4 is 28.9 Å². The molecule has 1 aromatic heterocycles. The molecular formula is C33H34N4O5. The Labute approximate surface area is 244 Å². The lowest BCUT2D eigenvalue weighted by atomic mass is 10.0. The van der Waals surface area contributed by atoms with Gasteiger partial charge in [-0.2, -0.15) is 5.10 Å². The normalized spacial score (nSPS) is 16.5. The topological polar surface area (TPSA) is 97.0 Å². The number of piperazine rings is 1. The van der Waals surface area contributed by atoms with Crippen LogP contribution in [-0.2, 0) is 17.9 Å². The molecule has 42 heavy (non-hydrogen) atoms. The van der Waals surface area contributed by atoms with Gasteiger partial charge in [0.1, 0.15) is 23.7 Å². The fraction of sp³-hybridized carbons (Fsp3) is 0.303. The summed E-state index contributed by atoms with van der Waals surface area (Å²) in [6.07, 6.45) is 1.39. The minimum Gasteiger partial charge on any atom is -0.488 e. The molecule has 6 rings (SSSR count). The van der Waals surface area contributed by atoms with Crippen molar-refractivity contribution < 1.29 is 23.8 Å². The Balaban J connectivity index is 1.26. The van der Waals surface area contributed by atoms with E-state index in [9.17, 15) is 9.59 Å². The second-order valence-corrected chi connectivity index (χ2v) is 11.5. The molecule has 216 valence electrons. The lowest BCUT2D eigenvalue weighted by Crippen LogP contribution is -2.49. The summed E-state index contributed by atoms with van der Waals surface area (Å²) in [5.74, 6) is 1.19. The first-order valence-electron chi connectivity index (χ1n) is 14.2. The number of nitrogens with one attached hydrogen (secondary N) is 1. The fourth-order valence-electron chi connectivity index (χ4n) is 5.17. The standard InChI is InChI=1S/C33H34N4O5/c1-33(2,3)42-32(39)37-17-15-36(16-18-37)20-25-28(40-21-22-9-5-4-6-10-22)14-13-24-30(38)29(41-31(24)25)19-27-23-11-7-8-12-26(23)34-35-27/h4-14,19H,15-18,20-21H2,1-3H3,(H,34,35)/b29-19-. The van der Waals surface area contributed by atoms with Crippen LogP contribution in [0.25, 0.3) is 17.0 Å². The largest absolute Gasteiger partial charge is 0.488 e. The molecule has 1 saturated heterocycles. The quantitative estimate of drug-likeness (QED) is 0.294. The monoisotopic (exact) mass is 566 g/mol. The molecule has 3 heterocycles. The highest BCUT2D eigenvalue weighted by atomic mass is 16.6. The molecule has 0 aliphatic carbocycles. The average molecular weight is 567 g/mol. The van der Waals surface area contributed by atoms with Gasteiger partial charge in [0, 0.05) is 44.2 Å². The smallest absolute Gasteiger partial charge is 0.410 e. The molecule has 0 unspecified atom stereocenters. The van der Waals surface area contributed by atoms with Crippen LogP contribution in [0.5, 0.6) is 11.5 Å². The lowest BCUT2D eigenvalue weighted by Gasteiger charge is -2.35. The molecule has 9 nitrogen and oxygen atoms in total. The zero-order chi connectivity index (χ0) is 29.3. The van der Waals surface area contributed by atoms with Crippen LogP contribution in [-0.4, -0.2) is 63.7 Å². The maximum absolute atomic E-state index is 13.5. The number of carbonyl (C=O) groups is 2. The highest BCUT2D eigenvalue weighted by Crippen LogP contribution is 2.41. The van der Waals surface area contributed by atoms with Crippen LogP contribution in [0.2, 0.25) is 0 Å². The Hall–Kier alpha value is -4.63. The van der Waals surface area contributed by atoms with E-state index in [0.29, 0.717) is 62.1 Å². The van der Waals surface area contributed by atoms with E-state index >= 15 is 0 Å². The van der Waals surface area contributed by atoms with Crippen molar-refractivity contribution in [3.63, 3.8) is 0 Å². The number of allylic oxidation sites excluding steroid dienone is 1. The average Bonchev–Trinajstić information content (AvgIpc) is 3.53. The summed E-state index contributed by atoms with van der Waals surface area (Å²) >= 11 is 0. The molecule has 0 saturated carbocycles. The van der Waals surface area contributed by atoms with Crippen molar-refractivity contribution in [1.82, 2.24) is 20.0 Å². The van der Waals surface area contributed by atoms with Gasteiger partial charge in [-0.3, -0.25) is 14.8 Å². The highest BCUT2D eigenvalue weighted by molar-refractivity contribution is 6.15. The number of aromatic nitrogens is 2. The minimum atomic E-state index is -0.541. The van der Waals surface area contributed by atoms with E-state index in [1.54, 1.807) is 17.0 Å². The van der Waals surface area contributed by atoms with Gasteiger partial charge in [0.25, 0.3) is 0 Å². The first kappa shape index (κ1) is 27.5. The molecule has 0 bridgehead atoms. The molecule has 1 fully saturated rings. The van der Waals surface area contributed by atoms with Crippen LogP contribution in [0.3, 0.4) is 0 Å². The molecule has 2 aliphatic heterocycles. The Morgan fingerprint density at radius 1 is 1.00 bits per heavy atom. The third-order valence-corrected chi connectivity index (χ3v) is 7.31. The van der Waals surface area contributed by atoms with Crippen molar-refractivity contribution in [2.45, 2.75) is 39.5 Å². The van der Waals surface area contributed by atoms with E-state index in [-0.39, 0.29) is 17.6 Å². The fourth-order valence-corrected chi connectivity index (χ4v) is 5.17. The van der Waals surface area contributed by atoms with Gasteiger partial charge in [0.2, 0.25) is 5.78 Å². The van der Waals surface area contributed by atoms with E-state index in [0.717, 1.165) is 22.0 Å². The summed E-state index contributed by atoms with van der Waals surface area (Å²) in [6.45, 7) is 8.87. The number of aromatic amines is 1. The number of hydrogen-bond acceptors (Lipinski definition) is 7. The molecule has 1 N–H and O–H groups in total. The number of amides is 1. The highest BCUT2D eigenvalue weighted by Gasteiger charge is 2.33. The number of H-pyrrole nitrogens is 1. The van der Waals surface area contributed by atoms with Gasteiger partial charge in [0.15, 0.2) is 5.76 Å². The number of hydrogen-bond donors (Lipinski definition) is 1. The van der Waals surface area contributed by atoms with Crippen LogP contribution in [0, 0.1) is 0 Å². The van der Waals surface area contributed by atoms with E-state index in [4.69, 9.17) is 14.2 Å². The Morgan fingerprint density at radius 2 is 1.74 bits per heavy atom. The lowest BCUT2D eigenvalue weighted by molar-refractivity contribution is 0.0137. The van der Waals surface area contributed by atoms with Gasteiger partial charge < -0.3 is 19.1 Å². The van der Waals surface area contributed by atoms with Crippen molar-refractivity contribution in [3.05, 3.63) is 94.9 Å². The molecule has 0 spiro atoms. The predicted molar refractivity (Wildman–Crippen MR) is 159 cm³/mol. The molecule has 2 aliphatic rings. The summed E-state index contributed by atoms with van der Waals surface area (Å²) in [5, 5.41) is 8.30. The van der Waals surface area contributed by atoms with Gasteiger partial charge >= 0.3 is 6.09 Å². The van der Waals surface area contributed by atoms with Crippen LogP contribution in [0.1, 0.15) is 48.0 Å². The van der Waals surface area contributed by atoms with Gasteiger partial charge in [-0.1, -0.05) is 48.5 Å². The number of ether oxygens (including phenoxy) is 3. The van der Waals surface area contributed by atoms with Crippen molar-refractivity contribution in [1.29, 1.82) is 0 Å². The summed E-state index contributed by atoms with van der Waals surface area (Å²) in [6, 6.07) is 21.3. The van der Waals surface area contributed by atoms with Crippen molar-refractivity contribution in [2.24, 2.45) is 0 Å². The SMILES string of the molecule is CC(C)(C)OC(=O)N1CCN(Cc2c(OCc3ccccc3)ccc3c2O/C(=C\c2n[nH]c4ccccc24)C3=O)CC1. The third-order valence-electron chi connectivity index (χ3n) is 7.31. The number of para-hydroxylation sites is 1. The summed E-state index contributed by atoms with van der Waals surface area (Å²) in [7, 11) is 0. The van der Waals surface area contributed by atoms with Gasteiger partial charge in [-0.25, -0.2) is 4.79 Å². The molecule has 4 aromatic rings. The summed E-state index contributed by atoms with van der Waals surface area (Å²) < 4.78 is 18.1. The Kier molecular flexibility index (Phi) is 7.43. The first-order valence-corrected chi connectivity index (χ1v) is 14.2. The molecule has 0 atom stereocenters. The molecular weight excluding hydrogens is 532 g/mol. The Bertz CT molecular complexity index is 1650. The summed E-state index contributed by atoms with van der Waals surface area (Å²) in [4.78, 5) is 30.0. The van der Waals surface area contributed by atoms with Crippen LogP contribution in [0.15, 0.2) is 72.5 Å². The number of benzene rings is 3. The molecule has 1 amide bonds. The predicted octanol–water partition coefficient (Wildman–Crippen LogP) is 5.81. The zero-order valence-electron chi connectivity index (χ0n) is 24.1. The van der Waals surface area contributed by atoms with Gasteiger partial charge in [-0.05, 0) is 44.5 Å². The molecule has 0 radical (unpaired) electrons. The second-order valence-electron chi connectivity index (χ2n) is 11.5. The third kappa shape index (κ3) is 5.87. The number of nitrogens with zero attached hydrogens (tertiary/aromatic N) is 3. The number of carbonyl (C=O) groups excluding carboxylic acids is 2. The van der Waals surface area contributed by atoms with Crippen molar-refractivity contribution in [2.75, 3.05) is 26.2 Å². The number of fused-ring (bicyclic) bond motifs is 2. The van der Waals surface area contributed by atoms with Crippen molar-refractivity contribution in [3.8, 4) is 11.5 Å². The Morgan fingerprint density at radius 3 is 2.50 bits per heavy atom. The van der Waals surface area contributed by atoms with Crippen LogP contribution in [0.4, 0.5) is 4.79 Å². The maximum Gasteiger partial charge on any atom is 0.410 e. The summed E-state index contributed by atoms with van der Waals surface area (Å²) in [5.41, 5.74) is 3.32. The zero-order valence-corrected chi connectivity index (χ0v) is 24.1. The molecule has 9 heteroatoms. The maximum atomic E-state index is 13.5. The minimum absolute atomic E-state index is 0.192. The van der Waals surface area contributed by atoms with E-state index in [2.05, 4.69) is 15.1 Å². The van der Waals surface area contributed by atoms with Crippen LogP contribution < -0.4 is 9.47 Å².